The predicted molar refractivity (Wildman–Crippen MR) is 100 cm³/mol. The van der Waals surface area contributed by atoms with Gasteiger partial charge >= 0.3 is 0 Å². The van der Waals surface area contributed by atoms with Crippen molar-refractivity contribution in [2.45, 2.75) is 25.8 Å². The maximum atomic E-state index is 12.8. The van der Waals surface area contributed by atoms with Crippen molar-refractivity contribution >= 4 is 5.91 Å². The third kappa shape index (κ3) is 3.51. The fourth-order valence-corrected chi connectivity index (χ4v) is 3.35. The summed E-state index contributed by atoms with van der Waals surface area (Å²) in [4.78, 5) is 23.3. The first-order valence-corrected chi connectivity index (χ1v) is 9.34. The largest absolute Gasteiger partial charge is 0.445 e. The molecule has 0 fully saturated rings. The number of rotatable bonds is 5. The van der Waals surface area contributed by atoms with Gasteiger partial charge in [0.25, 0.3) is 11.9 Å². The SMILES string of the molecule is O=C(c1nc(-n2cnnc2)n[nH]1)N1CCc2oc(CCc3ccccc3)nc2C1. The van der Waals surface area contributed by atoms with Crippen LogP contribution in [0.1, 0.15) is 33.5 Å². The van der Waals surface area contributed by atoms with E-state index in [0.717, 1.165) is 24.3 Å². The zero-order chi connectivity index (χ0) is 19.6. The van der Waals surface area contributed by atoms with E-state index in [1.165, 1.54) is 22.8 Å². The number of hydrogen-bond acceptors (Lipinski definition) is 7. The average Bonchev–Trinajstić information content (AvgIpc) is 3.52. The first-order valence-electron chi connectivity index (χ1n) is 9.34. The Bertz CT molecular complexity index is 1120. The lowest BCUT2D eigenvalue weighted by molar-refractivity contribution is 0.0716. The van der Waals surface area contributed by atoms with Gasteiger partial charge in [0, 0.05) is 19.4 Å². The molecule has 1 aromatic carbocycles. The van der Waals surface area contributed by atoms with Crippen molar-refractivity contribution < 1.29 is 9.21 Å². The number of fused-ring (bicyclic) bond motifs is 1. The molecule has 1 aliphatic rings. The van der Waals surface area contributed by atoms with Crippen LogP contribution in [0.3, 0.4) is 0 Å². The van der Waals surface area contributed by atoms with Crippen LogP contribution in [0.2, 0.25) is 0 Å². The van der Waals surface area contributed by atoms with E-state index < -0.39 is 0 Å². The summed E-state index contributed by atoms with van der Waals surface area (Å²) >= 11 is 0. The highest BCUT2D eigenvalue weighted by atomic mass is 16.4. The molecular weight excluding hydrogens is 372 g/mol. The molecule has 0 aliphatic carbocycles. The molecular formula is C19H18N8O2. The first-order chi connectivity index (χ1) is 14.3. The summed E-state index contributed by atoms with van der Waals surface area (Å²) in [5.41, 5.74) is 2.06. The number of benzene rings is 1. The van der Waals surface area contributed by atoms with E-state index in [9.17, 15) is 4.79 Å². The maximum Gasteiger partial charge on any atom is 0.291 e. The Morgan fingerprint density at radius 2 is 1.93 bits per heavy atom. The Hall–Kier alpha value is -3.82. The van der Waals surface area contributed by atoms with Gasteiger partial charge in [-0.15, -0.1) is 15.3 Å². The molecule has 0 atom stereocenters. The van der Waals surface area contributed by atoms with Gasteiger partial charge in [0.2, 0.25) is 5.82 Å². The van der Waals surface area contributed by atoms with Crippen molar-refractivity contribution in [1.82, 2.24) is 39.8 Å². The van der Waals surface area contributed by atoms with Crippen LogP contribution in [-0.4, -0.2) is 52.3 Å². The second-order valence-electron chi connectivity index (χ2n) is 6.79. The van der Waals surface area contributed by atoms with E-state index in [1.807, 2.05) is 18.2 Å². The van der Waals surface area contributed by atoms with Gasteiger partial charge in [0.05, 0.1) is 6.54 Å². The molecule has 1 aliphatic heterocycles. The van der Waals surface area contributed by atoms with Gasteiger partial charge in [0.1, 0.15) is 24.1 Å². The van der Waals surface area contributed by atoms with E-state index in [2.05, 4.69) is 42.5 Å². The Morgan fingerprint density at radius 3 is 2.76 bits per heavy atom. The van der Waals surface area contributed by atoms with Crippen molar-refractivity contribution in [1.29, 1.82) is 0 Å². The lowest BCUT2D eigenvalue weighted by atomic mass is 10.1. The third-order valence-electron chi connectivity index (χ3n) is 4.86. The zero-order valence-corrected chi connectivity index (χ0v) is 15.5. The first kappa shape index (κ1) is 17.3. The van der Waals surface area contributed by atoms with Crippen molar-refractivity contribution in [3.8, 4) is 5.95 Å². The second kappa shape index (κ2) is 7.30. The molecule has 1 amide bonds. The number of H-pyrrole nitrogens is 1. The zero-order valence-electron chi connectivity index (χ0n) is 15.5. The monoisotopic (exact) mass is 390 g/mol. The van der Waals surface area contributed by atoms with E-state index in [1.54, 1.807) is 4.90 Å². The summed E-state index contributed by atoms with van der Waals surface area (Å²) in [6, 6.07) is 10.2. The Morgan fingerprint density at radius 1 is 1.10 bits per heavy atom. The van der Waals surface area contributed by atoms with Gasteiger partial charge in [-0.3, -0.25) is 14.5 Å². The van der Waals surface area contributed by atoms with Crippen LogP contribution < -0.4 is 0 Å². The maximum absolute atomic E-state index is 12.8. The van der Waals surface area contributed by atoms with Gasteiger partial charge in [-0.05, 0) is 12.0 Å². The summed E-state index contributed by atoms with van der Waals surface area (Å²) in [7, 11) is 0. The predicted octanol–water partition coefficient (Wildman–Crippen LogP) is 1.36. The highest BCUT2D eigenvalue weighted by Gasteiger charge is 2.28. The van der Waals surface area contributed by atoms with Gasteiger partial charge < -0.3 is 9.32 Å². The van der Waals surface area contributed by atoms with E-state index in [-0.39, 0.29) is 11.7 Å². The molecule has 0 saturated heterocycles. The molecule has 0 radical (unpaired) electrons. The number of aromatic amines is 1. The van der Waals surface area contributed by atoms with Gasteiger partial charge in [0.15, 0.2) is 5.89 Å². The Kier molecular flexibility index (Phi) is 4.35. The summed E-state index contributed by atoms with van der Waals surface area (Å²) in [6.45, 7) is 0.938. The highest BCUT2D eigenvalue weighted by Crippen LogP contribution is 2.22. The van der Waals surface area contributed by atoms with E-state index in [4.69, 9.17) is 4.42 Å². The number of oxazole rings is 1. The fraction of sp³-hybridized carbons (Fsp3) is 0.263. The van der Waals surface area contributed by atoms with Gasteiger partial charge in [-0.25, -0.2) is 4.98 Å². The summed E-state index contributed by atoms with van der Waals surface area (Å²) in [5, 5.41) is 14.1. The molecule has 10 heteroatoms. The highest BCUT2D eigenvalue weighted by molar-refractivity contribution is 5.90. The number of amides is 1. The van der Waals surface area contributed by atoms with Gasteiger partial charge in [-0.2, -0.15) is 4.98 Å². The summed E-state index contributed by atoms with van der Waals surface area (Å²) in [6.07, 6.45) is 5.17. The molecule has 0 spiro atoms. The lowest BCUT2D eigenvalue weighted by Gasteiger charge is -2.24. The van der Waals surface area contributed by atoms with Crippen LogP contribution in [-0.2, 0) is 25.8 Å². The molecule has 4 heterocycles. The van der Waals surface area contributed by atoms with Crippen molar-refractivity contribution in [3.63, 3.8) is 0 Å². The lowest BCUT2D eigenvalue weighted by Crippen LogP contribution is -2.36. The minimum atomic E-state index is -0.226. The third-order valence-corrected chi connectivity index (χ3v) is 4.86. The number of nitrogens with one attached hydrogen (secondary N) is 1. The molecule has 0 bridgehead atoms. The van der Waals surface area contributed by atoms with Crippen molar-refractivity contribution in [2.75, 3.05) is 6.54 Å². The molecule has 146 valence electrons. The van der Waals surface area contributed by atoms with E-state index >= 15 is 0 Å². The number of hydrogen-bond donors (Lipinski definition) is 1. The number of nitrogens with zero attached hydrogens (tertiary/aromatic N) is 7. The normalized spacial score (nSPS) is 13.4. The molecule has 5 rings (SSSR count). The van der Waals surface area contributed by atoms with Crippen LogP contribution in [0, 0.1) is 0 Å². The summed E-state index contributed by atoms with van der Waals surface area (Å²) in [5.74, 6) is 1.84. The smallest absolute Gasteiger partial charge is 0.291 e. The number of carbonyl (C=O) groups excluding carboxylic acids is 1. The quantitative estimate of drug-likeness (QED) is 0.546. The van der Waals surface area contributed by atoms with Crippen LogP contribution in [0.4, 0.5) is 0 Å². The molecule has 10 nitrogen and oxygen atoms in total. The molecule has 0 unspecified atom stereocenters. The standard InChI is InChI=1S/C19H18N8O2/c28-18(17-23-19(25-24-17)27-11-20-21-12-27)26-9-8-15-14(10-26)22-16(29-15)7-6-13-4-2-1-3-5-13/h1-5,11-12H,6-10H2,(H,23,24,25). The summed E-state index contributed by atoms with van der Waals surface area (Å²) < 4.78 is 7.44. The molecule has 4 aromatic rings. The van der Waals surface area contributed by atoms with Crippen LogP contribution >= 0.6 is 0 Å². The average molecular weight is 390 g/mol. The van der Waals surface area contributed by atoms with Crippen molar-refractivity contribution in [2.24, 2.45) is 0 Å². The number of aryl methyl sites for hydroxylation is 2. The number of aromatic nitrogens is 7. The van der Waals surface area contributed by atoms with Crippen LogP contribution in [0.15, 0.2) is 47.4 Å². The topological polar surface area (TPSA) is 119 Å². The fourth-order valence-electron chi connectivity index (χ4n) is 3.35. The molecule has 0 saturated carbocycles. The van der Waals surface area contributed by atoms with Crippen molar-refractivity contribution in [3.05, 3.63) is 71.7 Å². The second-order valence-corrected chi connectivity index (χ2v) is 6.79. The van der Waals surface area contributed by atoms with E-state index in [0.29, 0.717) is 31.3 Å². The molecule has 3 aromatic heterocycles. The van der Waals surface area contributed by atoms with Gasteiger partial charge in [-0.1, -0.05) is 30.3 Å². The molecule has 29 heavy (non-hydrogen) atoms. The minimum absolute atomic E-state index is 0.171. The number of carbonyl (C=O) groups is 1. The Balaban J connectivity index is 1.26. The van der Waals surface area contributed by atoms with Crippen LogP contribution in [0.25, 0.3) is 5.95 Å². The van der Waals surface area contributed by atoms with Crippen LogP contribution in [0.5, 0.6) is 0 Å². The Labute approximate surface area is 165 Å². The minimum Gasteiger partial charge on any atom is -0.445 e. The molecule has 1 N–H and O–H groups in total.